The van der Waals surface area contributed by atoms with Gasteiger partial charge in [0.15, 0.2) is 0 Å². The van der Waals surface area contributed by atoms with Gasteiger partial charge in [0.1, 0.15) is 0 Å². The summed E-state index contributed by atoms with van der Waals surface area (Å²) in [5, 5.41) is 0. The van der Waals surface area contributed by atoms with E-state index in [0.717, 1.165) is 18.4 Å². The lowest BCUT2D eigenvalue weighted by molar-refractivity contribution is -0.137. The molecular weight excluding hydrogens is 380 g/mol. The highest BCUT2D eigenvalue weighted by Gasteiger charge is 1.97. The monoisotopic (exact) mass is 426 g/mol. The van der Waals surface area contributed by atoms with E-state index in [-0.39, 0.29) is 5.97 Å². The molecular formula is C29H46O2. The minimum absolute atomic E-state index is 0.251. The molecule has 1 aromatic carbocycles. The highest BCUT2D eigenvalue weighted by molar-refractivity contribution is 5.82. The molecule has 0 bridgehead atoms. The second kappa shape index (κ2) is 21.4. The number of carbonyl (C=O) groups excluding carboxylic acids is 1. The summed E-state index contributed by atoms with van der Waals surface area (Å²) in [5.41, 5.74) is 1.12. The Kier molecular flexibility index (Phi) is 18.8. The summed E-state index contributed by atoms with van der Waals surface area (Å²) in [6.07, 6.45) is 28.7. The van der Waals surface area contributed by atoms with Crippen molar-refractivity contribution in [1.82, 2.24) is 0 Å². The third kappa shape index (κ3) is 18.6. The first kappa shape index (κ1) is 27.2. The number of hydrogen-bond acceptors (Lipinski definition) is 2. The summed E-state index contributed by atoms with van der Waals surface area (Å²) < 4.78 is 5.25. The first-order chi connectivity index (χ1) is 15.3. The normalized spacial score (nSPS) is 11.5. The van der Waals surface area contributed by atoms with E-state index in [1.54, 1.807) is 6.08 Å². The fourth-order valence-corrected chi connectivity index (χ4v) is 3.74. The van der Waals surface area contributed by atoms with Crippen LogP contribution in [-0.4, -0.2) is 12.6 Å². The highest BCUT2D eigenvalue weighted by atomic mass is 16.5. The Morgan fingerprint density at radius 1 is 0.677 bits per heavy atom. The van der Waals surface area contributed by atoms with Crippen molar-refractivity contribution < 1.29 is 9.53 Å². The van der Waals surface area contributed by atoms with E-state index < -0.39 is 0 Å². The van der Waals surface area contributed by atoms with Crippen LogP contribution in [0.2, 0.25) is 0 Å². The van der Waals surface area contributed by atoms with Gasteiger partial charge in [-0.25, -0.2) is 4.79 Å². The van der Waals surface area contributed by atoms with Gasteiger partial charge in [-0.3, -0.25) is 0 Å². The first-order valence-corrected chi connectivity index (χ1v) is 12.9. The van der Waals surface area contributed by atoms with Gasteiger partial charge in [-0.2, -0.15) is 0 Å². The van der Waals surface area contributed by atoms with Gasteiger partial charge >= 0.3 is 5.97 Å². The fourth-order valence-electron chi connectivity index (χ4n) is 3.74. The molecule has 31 heavy (non-hydrogen) atoms. The number of rotatable bonds is 20. The van der Waals surface area contributed by atoms with Crippen LogP contribution < -0.4 is 0 Å². The highest BCUT2D eigenvalue weighted by Crippen LogP contribution is 2.13. The molecule has 0 N–H and O–H groups in total. The molecule has 0 heterocycles. The lowest BCUT2D eigenvalue weighted by Gasteiger charge is -2.04. The standard InChI is InChI=1S/C29H46O2/c1-2-3-4-5-6-7-8-9-10-11-12-13-14-15-16-22-27-31-29(30)26-21-20-25-28-23-18-17-19-24-28/h17-21,23-26H,2-16,22,27H2,1H3. The van der Waals surface area contributed by atoms with Crippen molar-refractivity contribution in [2.75, 3.05) is 6.61 Å². The van der Waals surface area contributed by atoms with Crippen LogP contribution in [0.5, 0.6) is 0 Å². The van der Waals surface area contributed by atoms with E-state index in [2.05, 4.69) is 6.92 Å². The molecule has 0 radical (unpaired) electrons. The maximum Gasteiger partial charge on any atom is 0.330 e. The predicted octanol–water partition coefficient (Wildman–Crippen LogP) is 9.06. The van der Waals surface area contributed by atoms with Gasteiger partial charge in [-0.15, -0.1) is 0 Å². The third-order valence-electron chi connectivity index (χ3n) is 5.67. The molecule has 0 saturated heterocycles. The number of ether oxygens (including phenoxy) is 1. The Morgan fingerprint density at radius 2 is 1.16 bits per heavy atom. The lowest BCUT2D eigenvalue weighted by Crippen LogP contribution is -2.02. The van der Waals surface area contributed by atoms with Gasteiger partial charge in [-0.1, -0.05) is 152 Å². The second-order valence-corrected chi connectivity index (χ2v) is 8.60. The fraction of sp³-hybridized carbons (Fsp3) is 0.621. The van der Waals surface area contributed by atoms with E-state index in [4.69, 9.17) is 4.74 Å². The number of hydrogen-bond donors (Lipinski definition) is 0. The van der Waals surface area contributed by atoms with Crippen LogP contribution in [0.15, 0.2) is 48.6 Å². The topological polar surface area (TPSA) is 26.3 Å². The zero-order chi connectivity index (χ0) is 22.2. The molecule has 0 aliphatic rings. The summed E-state index contributed by atoms with van der Waals surface area (Å²) in [6.45, 7) is 2.81. The Balaban J connectivity index is 1.80. The molecule has 0 fully saturated rings. The maximum absolute atomic E-state index is 11.7. The summed E-state index contributed by atoms with van der Waals surface area (Å²) in [5.74, 6) is -0.251. The minimum atomic E-state index is -0.251. The van der Waals surface area contributed by atoms with Crippen LogP contribution in [0.1, 0.15) is 115 Å². The van der Waals surface area contributed by atoms with Gasteiger partial charge < -0.3 is 4.74 Å². The summed E-state index contributed by atoms with van der Waals surface area (Å²) in [4.78, 5) is 11.7. The second-order valence-electron chi connectivity index (χ2n) is 8.60. The Morgan fingerprint density at radius 3 is 1.68 bits per heavy atom. The zero-order valence-electron chi connectivity index (χ0n) is 20.0. The Hall–Kier alpha value is -1.83. The lowest BCUT2D eigenvalue weighted by atomic mass is 10.0. The third-order valence-corrected chi connectivity index (χ3v) is 5.67. The molecule has 0 aliphatic carbocycles. The van der Waals surface area contributed by atoms with Gasteiger partial charge in [0.2, 0.25) is 0 Å². The van der Waals surface area contributed by atoms with Crippen LogP contribution in [0.25, 0.3) is 6.08 Å². The molecule has 0 atom stereocenters. The molecule has 0 saturated carbocycles. The largest absolute Gasteiger partial charge is 0.463 e. The number of esters is 1. The number of carbonyl (C=O) groups is 1. The van der Waals surface area contributed by atoms with Crippen LogP contribution in [-0.2, 0) is 9.53 Å². The molecule has 1 aromatic rings. The summed E-state index contributed by atoms with van der Waals surface area (Å²) >= 11 is 0. The molecule has 2 heteroatoms. The average Bonchev–Trinajstić information content (AvgIpc) is 2.79. The smallest absolute Gasteiger partial charge is 0.330 e. The van der Waals surface area contributed by atoms with Gasteiger partial charge in [0.05, 0.1) is 6.61 Å². The molecule has 0 amide bonds. The van der Waals surface area contributed by atoms with Crippen LogP contribution in [0, 0.1) is 0 Å². The van der Waals surface area contributed by atoms with Crippen LogP contribution in [0.3, 0.4) is 0 Å². The van der Waals surface area contributed by atoms with Crippen molar-refractivity contribution in [2.24, 2.45) is 0 Å². The van der Waals surface area contributed by atoms with E-state index in [9.17, 15) is 4.79 Å². The van der Waals surface area contributed by atoms with Crippen molar-refractivity contribution in [3.8, 4) is 0 Å². The number of benzene rings is 1. The van der Waals surface area contributed by atoms with Gasteiger partial charge in [0.25, 0.3) is 0 Å². The van der Waals surface area contributed by atoms with E-state index in [1.807, 2.05) is 42.5 Å². The van der Waals surface area contributed by atoms with Crippen LogP contribution >= 0.6 is 0 Å². The summed E-state index contributed by atoms with van der Waals surface area (Å²) in [6, 6.07) is 10.0. The van der Waals surface area contributed by atoms with Gasteiger partial charge in [0, 0.05) is 6.08 Å². The number of allylic oxidation sites excluding steroid dienone is 2. The predicted molar refractivity (Wildman–Crippen MR) is 135 cm³/mol. The molecule has 174 valence electrons. The zero-order valence-corrected chi connectivity index (χ0v) is 20.0. The van der Waals surface area contributed by atoms with Crippen molar-refractivity contribution in [3.63, 3.8) is 0 Å². The molecule has 0 aliphatic heterocycles. The SMILES string of the molecule is CCCCCCCCCCCCCCCCCCOC(=O)C=CC=Cc1ccccc1. The van der Waals surface area contributed by atoms with Crippen molar-refractivity contribution in [3.05, 3.63) is 54.1 Å². The van der Waals surface area contributed by atoms with E-state index in [1.165, 1.54) is 96.0 Å². The average molecular weight is 427 g/mol. The molecule has 0 aromatic heterocycles. The molecule has 0 spiro atoms. The van der Waals surface area contributed by atoms with Crippen molar-refractivity contribution in [1.29, 1.82) is 0 Å². The first-order valence-electron chi connectivity index (χ1n) is 12.9. The molecule has 1 rings (SSSR count). The molecule has 0 unspecified atom stereocenters. The number of unbranched alkanes of at least 4 members (excludes halogenated alkanes) is 15. The minimum Gasteiger partial charge on any atom is -0.463 e. The quantitative estimate of drug-likeness (QED) is 0.0899. The Bertz CT molecular complexity index is 574. The molecule has 2 nitrogen and oxygen atoms in total. The van der Waals surface area contributed by atoms with Crippen molar-refractivity contribution in [2.45, 2.75) is 110 Å². The van der Waals surface area contributed by atoms with E-state index in [0.29, 0.717) is 6.61 Å². The summed E-state index contributed by atoms with van der Waals surface area (Å²) in [7, 11) is 0. The maximum atomic E-state index is 11.7. The Labute approximate surface area is 192 Å². The van der Waals surface area contributed by atoms with Crippen molar-refractivity contribution >= 4 is 12.0 Å². The van der Waals surface area contributed by atoms with E-state index >= 15 is 0 Å². The van der Waals surface area contributed by atoms with Gasteiger partial charge in [-0.05, 0) is 12.0 Å². The van der Waals surface area contributed by atoms with Crippen LogP contribution in [0.4, 0.5) is 0 Å².